The number of esters is 1. The number of carbonyl (C=O) groups excluding carboxylic acids is 2. The average molecular weight is 527 g/mol. The number of furan rings is 1. The first-order valence-electron chi connectivity index (χ1n) is 12.1. The highest BCUT2D eigenvalue weighted by atomic mass is 32.1. The van der Waals surface area contributed by atoms with Crippen molar-refractivity contribution in [3.63, 3.8) is 0 Å². The Balaban J connectivity index is 1.41. The van der Waals surface area contributed by atoms with E-state index in [9.17, 15) is 9.59 Å². The number of para-hydroxylation sites is 1. The van der Waals surface area contributed by atoms with Crippen LogP contribution in [0.3, 0.4) is 0 Å². The SMILES string of the molecule is COC(=O)c1cccc(-c2ccc(C3C(c4ccccn4)NC(=S)N3CCC(=O)Nc3ccccc3)o2)c1. The van der Waals surface area contributed by atoms with Crippen LogP contribution in [-0.2, 0) is 9.53 Å². The number of methoxy groups -OCH3 is 1. The third-order valence-corrected chi connectivity index (χ3v) is 6.67. The Morgan fingerprint density at radius 3 is 2.63 bits per heavy atom. The van der Waals surface area contributed by atoms with Crippen molar-refractivity contribution in [1.29, 1.82) is 0 Å². The van der Waals surface area contributed by atoms with E-state index in [1.807, 2.05) is 71.6 Å². The van der Waals surface area contributed by atoms with E-state index in [0.29, 0.717) is 28.7 Å². The number of ether oxygens (including phenoxy) is 1. The first-order valence-corrected chi connectivity index (χ1v) is 12.6. The van der Waals surface area contributed by atoms with E-state index in [4.69, 9.17) is 21.4 Å². The lowest BCUT2D eigenvalue weighted by atomic mass is 10.0. The molecule has 5 rings (SSSR count). The Bertz CT molecular complexity index is 1440. The van der Waals surface area contributed by atoms with Crippen molar-refractivity contribution < 1.29 is 18.7 Å². The molecular weight excluding hydrogens is 500 g/mol. The largest absolute Gasteiger partial charge is 0.465 e. The topological polar surface area (TPSA) is 96.7 Å². The first-order chi connectivity index (χ1) is 18.5. The third-order valence-electron chi connectivity index (χ3n) is 6.32. The summed E-state index contributed by atoms with van der Waals surface area (Å²) in [6, 6.07) is 25.3. The van der Waals surface area contributed by atoms with Gasteiger partial charge in [0.25, 0.3) is 0 Å². The van der Waals surface area contributed by atoms with Gasteiger partial charge >= 0.3 is 5.97 Å². The normalized spacial score (nSPS) is 16.7. The van der Waals surface area contributed by atoms with Crippen LogP contribution in [-0.4, -0.2) is 40.5 Å². The van der Waals surface area contributed by atoms with Crippen LogP contribution in [0, 0.1) is 0 Å². The van der Waals surface area contributed by atoms with Gasteiger partial charge in [-0.3, -0.25) is 9.78 Å². The molecule has 9 heteroatoms. The van der Waals surface area contributed by atoms with Gasteiger partial charge in [-0.15, -0.1) is 0 Å². The van der Waals surface area contributed by atoms with Crippen molar-refractivity contribution in [2.24, 2.45) is 0 Å². The Morgan fingerprint density at radius 1 is 1.05 bits per heavy atom. The molecule has 1 saturated heterocycles. The van der Waals surface area contributed by atoms with E-state index in [1.165, 1.54) is 7.11 Å². The van der Waals surface area contributed by atoms with Gasteiger partial charge in [-0.05, 0) is 60.7 Å². The first kappa shape index (κ1) is 25.2. The highest BCUT2D eigenvalue weighted by Crippen LogP contribution is 2.40. The molecule has 192 valence electrons. The zero-order chi connectivity index (χ0) is 26.5. The molecule has 1 fully saturated rings. The van der Waals surface area contributed by atoms with E-state index in [1.54, 1.807) is 24.4 Å². The van der Waals surface area contributed by atoms with Crippen molar-refractivity contribution >= 4 is 34.9 Å². The highest BCUT2D eigenvalue weighted by molar-refractivity contribution is 7.80. The molecule has 1 amide bonds. The lowest BCUT2D eigenvalue weighted by Gasteiger charge is -2.25. The van der Waals surface area contributed by atoms with Crippen molar-refractivity contribution in [2.45, 2.75) is 18.5 Å². The van der Waals surface area contributed by atoms with Crippen LogP contribution in [0.4, 0.5) is 5.69 Å². The summed E-state index contributed by atoms with van der Waals surface area (Å²) in [5.41, 5.74) is 2.73. The lowest BCUT2D eigenvalue weighted by molar-refractivity contribution is -0.116. The van der Waals surface area contributed by atoms with Crippen LogP contribution in [0.2, 0.25) is 0 Å². The van der Waals surface area contributed by atoms with Crippen LogP contribution in [0.25, 0.3) is 11.3 Å². The van der Waals surface area contributed by atoms with Crippen LogP contribution in [0.5, 0.6) is 0 Å². The van der Waals surface area contributed by atoms with Crippen molar-refractivity contribution in [1.82, 2.24) is 15.2 Å². The summed E-state index contributed by atoms with van der Waals surface area (Å²) in [7, 11) is 1.35. The Hall–Kier alpha value is -4.50. The lowest BCUT2D eigenvalue weighted by Crippen LogP contribution is -2.32. The molecule has 2 atom stereocenters. The molecule has 3 heterocycles. The molecule has 0 saturated carbocycles. The third kappa shape index (κ3) is 5.42. The zero-order valence-corrected chi connectivity index (χ0v) is 21.5. The number of hydrogen-bond acceptors (Lipinski definition) is 6. The molecule has 0 radical (unpaired) electrons. The standard InChI is InChI=1S/C29H26N4O4S/c1-36-28(35)20-9-7-8-19(18-20)23-13-14-24(37-23)27-26(22-12-5-6-16-30-22)32-29(38)33(27)17-15-25(34)31-21-10-3-2-4-11-21/h2-14,16,18,26-27H,15,17H2,1H3,(H,31,34)(H,32,38). The molecule has 1 aliphatic rings. The summed E-state index contributed by atoms with van der Waals surface area (Å²) < 4.78 is 11.2. The second-order valence-corrected chi connectivity index (χ2v) is 9.15. The quantitative estimate of drug-likeness (QED) is 0.241. The maximum atomic E-state index is 12.7. The monoisotopic (exact) mass is 526 g/mol. The Labute approximate surface area is 225 Å². The van der Waals surface area contributed by atoms with E-state index < -0.39 is 5.97 Å². The molecule has 0 spiro atoms. The van der Waals surface area contributed by atoms with E-state index in [-0.39, 0.29) is 24.4 Å². The van der Waals surface area contributed by atoms with Crippen LogP contribution >= 0.6 is 12.2 Å². The predicted molar refractivity (Wildman–Crippen MR) is 147 cm³/mol. The minimum atomic E-state index is -0.417. The van der Waals surface area contributed by atoms with Crippen molar-refractivity contribution in [2.75, 3.05) is 19.0 Å². The van der Waals surface area contributed by atoms with E-state index in [0.717, 1.165) is 16.9 Å². The molecular formula is C29H26N4O4S. The number of aromatic nitrogens is 1. The average Bonchev–Trinajstić information content (AvgIpc) is 3.57. The number of pyridine rings is 1. The van der Waals surface area contributed by atoms with Crippen LogP contribution < -0.4 is 10.6 Å². The number of benzene rings is 2. The van der Waals surface area contributed by atoms with Gasteiger partial charge in [-0.25, -0.2) is 4.79 Å². The zero-order valence-electron chi connectivity index (χ0n) is 20.7. The second-order valence-electron chi connectivity index (χ2n) is 8.76. The molecule has 2 unspecified atom stereocenters. The molecule has 0 aliphatic carbocycles. The van der Waals surface area contributed by atoms with Gasteiger partial charge in [0.15, 0.2) is 5.11 Å². The van der Waals surface area contributed by atoms with Crippen molar-refractivity contribution in [3.8, 4) is 11.3 Å². The van der Waals surface area contributed by atoms with Gasteiger partial charge in [0.1, 0.15) is 17.6 Å². The number of carbonyl (C=O) groups is 2. The molecule has 2 aromatic heterocycles. The molecule has 4 aromatic rings. The van der Waals surface area contributed by atoms with Gasteiger partial charge in [0, 0.05) is 30.4 Å². The number of nitrogens with one attached hydrogen (secondary N) is 2. The fraction of sp³-hybridized carbons (Fsp3) is 0.172. The summed E-state index contributed by atoms with van der Waals surface area (Å²) in [5, 5.41) is 6.80. The molecule has 38 heavy (non-hydrogen) atoms. The highest BCUT2D eigenvalue weighted by Gasteiger charge is 2.41. The Morgan fingerprint density at radius 2 is 1.87 bits per heavy atom. The molecule has 2 N–H and O–H groups in total. The van der Waals surface area contributed by atoms with E-state index in [2.05, 4.69) is 15.6 Å². The number of hydrogen-bond donors (Lipinski definition) is 2. The maximum absolute atomic E-state index is 12.7. The minimum Gasteiger partial charge on any atom is -0.465 e. The fourth-order valence-electron chi connectivity index (χ4n) is 4.51. The smallest absolute Gasteiger partial charge is 0.337 e. The summed E-state index contributed by atoms with van der Waals surface area (Å²) in [6.45, 7) is 0.381. The van der Waals surface area contributed by atoms with E-state index >= 15 is 0 Å². The van der Waals surface area contributed by atoms with Gasteiger partial charge in [-0.2, -0.15) is 0 Å². The maximum Gasteiger partial charge on any atom is 0.337 e. The molecule has 0 bridgehead atoms. The number of rotatable bonds is 8. The van der Waals surface area contributed by atoms with Gasteiger partial charge in [0.05, 0.1) is 24.4 Å². The van der Waals surface area contributed by atoms with Crippen molar-refractivity contribution in [3.05, 3.63) is 108 Å². The molecule has 8 nitrogen and oxygen atoms in total. The number of nitrogens with zero attached hydrogens (tertiary/aromatic N) is 2. The Kier molecular flexibility index (Phi) is 7.46. The van der Waals surface area contributed by atoms with Gasteiger partial charge < -0.3 is 24.7 Å². The minimum absolute atomic E-state index is 0.112. The fourth-order valence-corrected chi connectivity index (χ4v) is 4.84. The number of amides is 1. The summed E-state index contributed by atoms with van der Waals surface area (Å²) in [4.78, 5) is 31.2. The van der Waals surface area contributed by atoms with Gasteiger partial charge in [0.2, 0.25) is 5.91 Å². The second kappa shape index (κ2) is 11.3. The summed E-state index contributed by atoms with van der Waals surface area (Å²) in [5.74, 6) is 0.734. The van der Waals surface area contributed by atoms with Crippen LogP contribution in [0.1, 0.15) is 40.3 Å². The van der Waals surface area contributed by atoms with Gasteiger partial charge in [-0.1, -0.05) is 36.4 Å². The molecule has 1 aliphatic heterocycles. The number of thiocarbonyl (C=S) groups is 1. The number of anilines is 1. The summed E-state index contributed by atoms with van der Waals surface area (Å²) >= 11 is 5.70. The van der Waals surface area contributed by atoms with Crippen LogP contribution in [0.15, 0.2) is 95.5 Å². The predicted octanol–water partition coefficient (Wildman–Crippen LogP) is 5.13. The summed E-state index contributed by atoms with van der Waals surface area (Å²) in [6.07, 6.45) is 1.97. The molecule has 2 aromatic carbocycles.